The van der Waals surface area contributed by atoms with E-state index in [0.29, 0.717) is 0 Å². The van der Waals surface area contributed by atoms with Gasteiger partial charge in [0, 0.05) is 19.6 Å². The lowest BCUT2D eigenvalue weighted by Gasteiger charge is -2.26. The van der Waals surface area contributed by atoms with Crippen molar-refractivity contribution in [3.63, 3.8) is 0 Å². The molecule has 2 nitrogen and oxygen atoms in total. The summed E-state index contributed by atoms with van der Waals surface area (Å²) in [5, 5.41) is 3.65. The molecule has 0 heterocycles. The Morgan fingerprint density at radius 3 is 2.79 bits per heavy atom. The molecule has 106 valence electrons. The van der Waals surface area contributed by atoms with Gasteiger partial charge in [-0.3, -0.25) is 0 Å². The van der Waals surface area contributed by atoms with Crippen molar-refractivity contribution in [3.05, 3.63) is 35.4 Å². The molecule has 0 saturated heterocycles. The molecule has 0 radical (unpaired) electrons. The van der Waals surface area contributed by atoms with Gasteiger partial charge in [0.05, 0.1) is 0 Å². The molecule has 0 fully saturated rings. The van der Waals surface area contributed by atoms with Crippen LogP contribution >= 0.6 is 0 Å². The average molecular weight is 260 g/mol. The first kappa shape index (κ1) is 14.5. The van der Waals surface area contributed by atoms with Crippen molar-refractivity contribution in [2.24, 2.45) is 0 Å². The van der Waals surface area contributed by atoms with Crippen LogP contribution in [0.25, 0.3) is 0 Å². The van der Waals surface area contributed by atoms with Crippen LogP contribution in [-0.2, 0) is 6.42 Å². The maximum absolute atomic E-state index is 3.65. The van der Waals surface area contributed by atoms with Gasteiger partial charge in [0.2, 0.25) is 0 Å². The molecule has 0 amide bonds. The predicted molar refractivity (Wildman–Crippen MR) is 82.8 cm³/mol. The highest BCUT2D eigenvalue weighted by Gasteiger charge is 2.18. The number of nitrogens with one attached hydrogen (secondary N) is 1. The minimum absolute atomic E-state index is 0.724. The van der Waals surface area contributed by atoms with E-state index in [1.807, 2.05) is 0 Å². The summed E-state index contributed by atoms with van der Waals surface area (Å²) < 4.78 is 0. The highest BCUT2D eigenvalue weighted by atomic mass is 15.1. The van der Waals surface area contributed by atoms with Gasteiger partial charge in [-0.25, -0.2) is 0 Å². The van der Waals surface area contributed by atoms with Gasteiger partial charge in [0.15, 0.2) is 0 Å². The van der Waals surface area contributed by atoms with E-state index >= 15 is 0 Å². The van der Waals surface area contributed by atoms with Crippen molar-refractivity contribution >= 4 is 0 Å². The van der Waals surface area contributed by atoms with Crippen LogP contribution in [0.5, 0.6) is 0 Å². The minimum Gasteiger partial charge on any atom is -0.315 e. The van der Waals surface area contributed by atoms with Crippen LogP contribution in [0.15, 0.2) is 24.3 Å². The van der Waals surface area contributed by atoms with Crippen LogP contribution in [-0.4, -0.2) is 37.6 Å². The Morgan fingerprint density at radius 1 is 1.21 bits per heavy atom. The van der Waals surface area contributed by atoms with E-state index in [0.717, 1.165) is 32.1 Å². The van der Waals surface area contributed by atoms with E-state index in [-0.39, 0.29) is 0 Å². The van der Waals surface area contributed by atoms with E-state index in [1.54, 1.807) is 11.1 Å². The second kappa shape index (κ2) is 7.66. The molecule has 1 aromatic rings. The van der Waals surface area contributed by atoms with Crippen LogP contribution in [0.3, 0.4) is 0 Å². The number of hydrogen-bond donors (Lipinski definition) is 1. The normalized spacial score (nSPS) is 18.6. The Bertz CT molecular complexity index is 371. The number of fused-ring (bicyclic) bond motifs is 1. The largest absolute Gasteiger partial charge is 0.315 e. The van der Waals surface area contributed by atoms with Crippen LogP contribution in [0.4, 0.5) is 0 Å². The fraction of sp³-hybridized carbons (Fsp3) is 0.647. The average Bonchev–Trinajstić information content (AvgIpc) is 2.47. The van der Waals surface area contributed by atoms with Crippen molar-refractivity contribution in [2.75, 3.05) is 32.7 Å². The summed E-state index contributed by atoms with van der Waals surface area (Å²) in [7, 11) is 0. The number of rotatable bonds is 7. The van der Waals surface area contributed by atoms with E-state index in [1.165, 1.54) is 25.8 Å². The Balaban J connectivity index is 1.78. The number of likely N-dealkylation sites (N-methyl/N-ethyl adjacent to an activating group) is 1. The lowest BCUT2D eigenvalue weighted by molar-refractivity contribution is 0.300. The maximum atomic E-state index is 3.65. The number of aryl methyl sites for hydroxylation is 1. The molecular weight excluding hydrogens is 232 g/mol. The predicted octanol–water partition coefficient (Wildman–Crippen LogP) is 3.04. The summed E-state index contributed by atoms with van der Waals surface area (Å²) in [6, 6.07) is 8.99. The zero-order chi connectivity index (χ0) is 13.5. The zero-order valence-corrected chi connectivity index (χ0v) is 12.5. The van der Waals surface area contributed by atoms with Gasteiger partial charge in [-0.1, -0.05) is 38.1 Å². The molecular formula is C17H28N2. The van der Waals surface area contributed by atoms with Crippen LogP contribution < -0.4 is 5.32 Å². The smallest absolute Gasteiger partial charge is 0.0107 e. The van der Waals surface area contributed by atoms with Crippen molar-refractivity contribution < 1.29 is 0 Å². The van der Waals surface area contributed by atoms with Crippen molar-refractivity contribution in [3.8, 4) is 0 Å². The topological polar surface area (TPSA) is 15.3 Å². The first-order chi connectivity index (χ1) is 9.35. The molecule has 1 aliphatic rings. The molecule has 1 aliphatic carbocycles. The second-order valence-electron chi connectivity index (χ2n) is 5.52. The van der Waals surface area contributed by atoms with Gasteiger partial charge in [-0.2, -0.15) is 0 Å². The minimum atomic E-state index is 0.724. The summed E-state index contributed by atoms with van der Waals surface area (Å²) in [4.78, 5) is 2.47. The van der Waals surface area contributed by atoms with Crippen molar-refractivity contribution in [1.29, 1.82) is 0 Å². The number of benzene rings is 1. The van der Waals surface area contributed by atoms with Gasteiger partial charge in [0.25, 0.3) is 0 Å². The molecule has 0 bridgehead atoms. The van der Waals surface area contributed by atoms with Gasteiger partial charge in [-0.15, -0.1) is 0 Å². The molecule has 2 heteroatoms. The quantitative estimate of drug-likeness (QED) is 0.758. The third-order valence-corrected chi connectivity index (χ3v) is 4.38. The highest BCUT2D eigenvalue weighted by molar-refractivity contribution is 5.32. The third-order valence-electron chi connectivity index (χ3n) is 4.38. The summed E-state index contributed by atoms with van der Waals surface area (Å²) in [6.07, 6.45) is 3.96. The molecule has 1 aromatic carbocycles. The summed E-state index contributed by atoms with van der Waals surface area (Å²) in [6.45, 7) is 10.2. The molecule has 0 aliphatic heterocycles. The molecule has 0 aromatic heterocycles. The lowest BCUT2D eigenvalue weighted by Crippen LogP contribution is -2.34. The summed E-state index contributed by atoms with van der Waals surface area (Å²) >= 11 is 0. The number of hydrogen-bond acceptors (Lipinski definition) is 2. The first-order valence-corrected chi connectivity index (χ1v) is 7.86. The third kappa shape index (κ3) is 4.05. The van der Waals surface area contributed by atoms with Crippen LogP contribution in [0.1, 0.15) is 43.7 Å². The monoisotopic (exact) mass is 260 g/mol. The first-order valence-electron chi connectivity index (χ1n) is 7.86. The second-order valence-corrected chi connectivity index (χ2v) is 5.52. The summed E-state index contributed by atoms with van der Waals surface area (Å²) in [5.74, 6) is 0.724. The summed E-state index contributed by atoms with van der Waals surface area (Å²) in [5.41, 5.74) is 3.16. The Morgan fingerprint density at radius 2 is 2.00 bits per heavy atom. The molecule has 0 spiro atoms. The standard InChI is InChI=1S/C17H28N2/c1-3-19(4-2)13-12-18-14-16-10-7-9-15-8-5-6-11-17(15)16/h5-6,8,11,16,18H,3-4,7,9-10,12-14H2,1-2H3. The Labute approximate surface area is 118 Å². The molecule has 19 heavy (non-hydrogen) atoms. The molecule has 1 unspecified atom stereocenters. The van der Waals surface area contributed by atoms with Crippen LogP contribution in [0, 0.1) is 0 Å². The molecule has 0 saturated carbocycles. The lowest BCUT2D eigenvalue weighted by atomic mass is 9.83. The van der Waals surface area contributed by atoms with Gasteiger partial charge in [-0.05, 0) is 49.4 Å². The van der Waals surface area contributed by atoms with E-state index in [9.17, 15) is 0 Å². The van der Waals surface area contributed by atoms with Gasteiger partial charge in [0.1, 0.15) is 0 Å². The van der Waals surface area contributed by atoms with Crippen molar-refractivity contribution in [2.45, 2.75) is 39.0 Å². The molecule has 2 rings (SSSR count). The van der Waals surface area contributed by atoms with E-state index in [2.05, 4.69) is 48.3 Å². The highest BCUT2D eigenvalue weighted by Crippen LogP contribution is 2.30. The van der Waals surface area contributed by atoms with E-state index < -0.39 is 0 Å². The van der Waals surface area contributed by atoms with Crippen LogP contribution in [0.2, 0.25) is 0 Å². The Hall–Kier alpha value is -0.860. The molecule has 1 atom stereocenters. The van der Waals surface area contributed by atoms with E-state index in [4.69, 9.17) is 0 Å². The fourth-order valence-electron chi connectivity index (χ4n) is 3.12. The van der Waals surface area contributed by atoms with Gasteiger partial charge >= 0.3 is 0 Å². The van der Waals surface area contributed by atoms with Crippen molar-refractivity contribution in [1.82, 2.24) is 10.2 Å². The maximum Gasteiger partial charge on any atom is 0.0107 e. The fourth-order valence-corrected chi connectivity index (χ4v) is 3.12. The number of nitrogens with zero attached hydrogens (tertiary/aromatic N) is 1. The molecule has 1 N–H and O–H groups in total. The SMILES string of the molecule is CCN(CC)CCNCC1CCCc2ccccc21. The zero-order valence-electron chi connectivity index (χ0n) is 12.5. The van der Waals surface area contributed by atoms with Gasteiger partial charge < -0.3 is 10.2 Å². The Kier molecular flexibility index (Phi) is 5.87.